The summed E-state index contributed by atoms with van der Waals surface area (Å²) >= 11 is 0. The Morgan fingerprint density at radius 2 is 1.23 bits per heavy atom. The summed E-state index contributed by atoms with van der Waals surface area (Å²) in [4.78, 5) is 32.4. The molecule has 39 heavy (non-hydrogen) atoms. The number of benzene rings is 1. The highest BCUT2D eigenvalue weighted by atomic mass is 16.6. The van der Waals surface area contributed by atoms with E-state index in [4.69, 9.17) is 14.6 Å². The zero-order chi connectivity index (χ0) is 26.1. The molecular weight excluding hydrogens is 496 g/mol. The van der Waals surface area contributed by atoms with Gasteiger partial charge in [-0.1, -0.05) is 90.5 Å². The molecule has 1 unspecified atom stereocenters. The molecule has 0 aromatic heterocycles. The van der Waals surface area contributed by atoms with Crippen molar-refractivity contribution in [3.63, 3.8) is 0 Å². The summed E-state index contributed by atoms with van der Waals surface area (Å²) in [5.74, 6) is -0.247. The smallest absolute Gasteiger partial charge is 0.311 e. The molecule has 0 heterocycles. The molecule has 1 rings (SSSR count). The first-order chi connectivity index (χ1) is 15.3. The Kier molecular flexibility index (Phi) is 43.5. The van der Waals surface area contributed by atoms with Crippen molar-refractivity contribution in [3.05, 3.63) is 30.3 Å². The first kappa shape index (κ1) is 56.6. The lowest BCUT2D eigenvalue weighted by Gasteiger charge is -2.17. The first-order valence-electron chi connectivity index (χ1n) is 11.4. The monoisotopic (exact) mass is 564 g/mol. The standard InChI is InChI=1S/C13H18O3.C7H14O2.C6H12O2.6CH4/c1-3-11(2)13(14)16-10-9-15-12-7-5-4-6-8-12;1-5-7(2,3)6(8)9-4;1-4-6(2,3)5(7)8;;;;;;/h4-8,11H,3,9-10H2,1-2H3;5H2,1-4H3;4H2,1-3H3,(H,7,8);6*1H4. The van der Waals surface area contributed by atoms with Crippen molar-refractivity contribution in [2.45, 2.75) is 119 Å². The van der Waals surface area contributed by atoms with Crippen molar-refractivity contribution in [3.8, 4) is 5.75 Å². The van der Waals surface area contributed by atoms with E-state index in [0.717, 1.165) is 18.6 Å². The predicted octanol–water partition coefficient (Wildman–Crippen LogP) is 9.57. The number of carbonyl (C=O) groups excluding carboxylic acids is 2. The highest BCUT2D eigenvalue weighted by Crippen LogP contribution is 2.20. The summed E-state index contributed by atoms with van der Waals surface area (Å²) in [7, 11) is 1.42. The molecule has 0 amide bonds. The number of esters is 2. The summed E-state index contributed by atoms with van der Waals surface area (Å²) in [5, 5.41) is 8.44. The third-order valence-corrected chi connectivity index (χ3v) is 5.44. The zero-order valence-corrected chi connectivity index (χ0v) is 21.9. The molecule has 1 aromatic rings. The molecule has 0 saturated heterocycles. The minimum atomic E-state index is -0.722. The Morgan fingerprint density at radius 3 is 1.51 bits per heavy atom. The molecule has 1 N–H and O–H groups in total. The van der Waals surface area contributed by atoms with Crippen LogP contribution in [0.25, 0.3) is 0 Å². The Bertz CT molecular complexity index is 683. The van der Waals surface area contributed by atoms with Gasteiger partial charge in [0.15, 0.2) is 0 Å². The number of methoxy groups -OCH3 is 1. The van der Waals surface area contributed by atoms with Crippen LogP contribution in [0.1, 0.15) is 119 Å². The van der Waals surface area contributed by atoms with Crippen molar-refractivity contribution >= 4 is 17.9 Å². The van der Waals surface area contributed by atoms with Crippen LogP contribution in [-0.4, -0.2) is 43.3 Å². The topological polar surface area (TPSA) is 99.1 Å². The van der Waals surface area contributed by atoms with Gasteiger partial charge in [0.2, 0.25) is 0 Å². The maximum atomic E-state index is 11.3. The zero-order valence-electron chi connectivity index (χ0n) is 21.9. The van der Waals surface area contributed by atoms with Crippen LogP contribution in [-0.2, 0) is 23.9 Å². The average molecular weight is 565 g/mol. The highest BCUT2D eigenvalue weighted by molar-refractivity contribution is 5.75. The van der Waals surface area contributed by atoms with Crippen LogP contribution < -0.4 is 4.74 Å². The number of carboxylic acid groups (broad SMARTS) is 1. The third kappa shape index (κ3) is 26.8. The second-order valence-electron chi connectivity index (χ2n) is 8.91. The van der Waals surface area contributed by atoms with Gasteiger partial charge >= 0.3 is 17.9 Å². The van der Waals surface area contributed by atoms with Crippen molar-refractivity contribution < 1.29 is 33.7 Å². The molecule has 0 fully saturated rings. The average Bonchev–Trinajstić information content (AvgIpc) is 2.81. The Labute approximate surface area is 244 Å². The maximum absolute atomic E-state index is 11.3. The van der Waals surface area contributed by atoms with Crippen LogP contribution in [0.3, 0.4) is 0 Å². The fraction of sp³-hybridized carbons (Fsp3) is 0.719. The van der Waals surface area contributed by atoms with Crippen molar-refractivity contribution in [1.29, 1.82) is 0 Å². The van der Waals surface area contributed by atoms with Crippen LogP contribution in [0.5, 0.6) is 5.75 Å². The number of aliphatic carboxylic acids is 1. The van der Waals surface area contributed by atoms with E-state index in [1.54, 1.807) is 13.8 Å². The minimum absolute atomic E-state index is 0. The summed E-state index contributed by atoms with van der Waals surface area (Å²) in [6, 6.07) is 9.48. The van der Waals surface area contributed by atoms with Gasteiger partial charge in [-0.15, -0.1) is 0 Å². The van der Waals surface area contributed by atoms with Gasteiger partial charge in [-0.3, -0.25) is 14.4 Å². The number of rotatable bonds is 10. The van der Waals surface area contributed by atoms with E-state index in [1.165, 1.54) is 7.11 Å². The minimum Gasteiger partial charge on any atom is -0.490 e. The lowest BCUT2D eigenvalue weighted by atomic mass is 9.91. The van der Waals surface area contributed by atoms with Gasteiger partial charge in [-0.05, 0) is 59.1 Å². The fourth-order valence-corrected chi connectivity index (χ4v) is 1.70. The summed E-state index contributed by atoms with van der Waals surface area (Å²) in [6.07, 6.45) is 2.31. The molecule has 0 radical (unpaired) electrons. The normalized spacial score (nSPS) is 9.77. The van der Waals surface area contributed by atoms with Crippen LogP contribution >= 0.6 is 0 Å². The largest absolute Gasteiger partial charge is 0.490 e. The molecule has 0 aliphatic heterocycles. The summed E-state index contributed by atoms with van der Waals surface area (Å²) in [5.41, 5.74) is -0.852. The van der Waals surface area contributed by atoms with Crippen LogP contribution in [0.4, 0.5) is 0 Å². The van der Waals surface area contributed by atoms with E-state index in [1.807, 2.05) is 71.9 Å². The lowest BCUT2D eigenvalue weighted by Crippen LogP contribution is -2.24. The van der Waals surface area contributed by atoms with Crippen molar-refractivity contribution in [1.82, 2.24) is 0 Å². The molecule has 1 atom stereocenters. The third-order valence-electron chi connectivity index (χ3n) is 5.44. The number of carboxylic acids is 1. The first-order valence-corrected chi connectivity index (χ1v) is 11.4. The van der Waals surface area contributed by atoms with Crippen molar-refractivity contribution in [2.24, 2.45) is 16.7 Å². The van der Waals surface area contributed by atoms with Gasteiger partial charge in [0.1, 0.15) is 19.0 Å². The van der Waals surface area contributed by atoms with Gasteiger partial charge in [0, 0.05) is 0 Å². The van der Waals surface area contributed by atoms with Gasteiger partial charge < -0.3 is 19.3 Å². The molecule has 0 spiro atoms. The molecule has 0 saturated carbocycles. The number of carbonyl (C=O) groups is 3. The molecule has 238 valence electrons. The van der Waals surface area contributed by atoms with E-state index >= 15 is 0 Å². The number of ether oxygens (including phenoxy) is 3. The highest BCUT2D eigenvalue weighted by Gasteiger charge is 2.25. The Balaban J connectivity index is -0.0000000614. The Morgan fingerprint density at radius 1 is 0.795 bits per heavy atom. The lowest BCUT2D eigenvalue weighted by molar-refractivity contribution is -0.151. The molecule has 0 bridgehead atoms. The molecule has 0 aliphatic rings. The quantitative estimate of drug-likeness (QED) is 0.223. The number of para-hydroxylation sites is 1. The summed E-state index contributed by atoms with van der Waals surface area (Å²) < 4.78 is 15.0. The molecule has 7 nitrogen and oxygen atoms in total. The molecule has 7 heteroatoms. The van der Waals surface area contributed by atoms with Crippen LogP contribution in [0.2, 0.25) is 0 Å². The van der Waals surface area contributed by atoms with Gasteiger partial charge in [-0.25, -0.2) is 0 Å². The van der Waals surface area contributed by atoms with Crippen LogP contribution in [0.15, 0.2) is 30.3 Å². The van der Waals surface area contributed by atoms with E-state index in [2.05, 4.69) is 4.74 Å². The Hall–Kier alpha value is -2.57. The molecular formula is C32H68O7. The van der Waals surface area contributed by atoms with Gasteiger partial charge in [0.25, 0.3) is 0 Å². The maximum Gasteiger partial charge on any atom is 0.311 e. The van der Waals surface area contributed by atoms with E-state index < -0.39 is 11.4 Å². The van der Waals surface area contributed by atoms with E-state index in [-0.39, 0.29) is 67.8 Å². The predicted molar refractivity (Wildman–Crippen MR) is 171 cm³/mol. The van der Waals surface area contributed by atoms with Gasteiger partial charge in [0.05, 0.1) is 23.9 Å². The number of hydrogen-bond donors (Lipinski definition) is 1. The van der Waals surface area contributed by atoms with Gasteiger partial charge in [-0.2, -0.15) is 0 Å². The number of hydrogen-bond acceptors (Lipinski definition) is 6. The van der Waals surface area contributed by atoms with Crippen LogP contribution in [0, 0.1) is 16.7 Å². The molecule has 0 aliphatic carbocycles. The SMILES string of the molecule is C.C.C.C.C.C.CCC(C)(C)C(=O)O.CCC(C)(C)C(=O)OC.CCC(C)C(=O)OCCOc1ccccc1. The fourth-order valence-electron chi connectivity index (χ4n) is 1.70. The second kappa shape index (κ2) is 30.0. The van der Waals surface area contributed by atoms with E-state index in [9.17, 15) is 14.4 Å². The second-order valence-corrected chi connectivity index (χ2v) is 8.91. The summed E-state index contributed by atoms with van der Waals surface area (Å²) in [6.45, 7) is 15.5. The van der Waals surface area contributed by atoms with E-state index in [0.29, 0.717) is 19.6 Å². The molecule has 1 aromatic carbocycles. The van der Waals surface area contributed by atoms with Crippen molar-refractivity contribution in [2.75, 3.05) is 20.3 Å².